The lowest BCUT2D eigenvalue weighted by atomic mass is 10.0. The van der Waals surface area contributed by atoms with E-state index in [9.17, 15) is 0 Å². The third-order valence-corrected chi connectivity index (χ3v) is 5.35. The number of fused-ring (bicyclic) bond motifs is 1. The van der Waals surface area contributed by atoms with Crippen LogP contribution in [0.3, 0.4) is 0 Å². The maximum Gasteiger partial charge on any atom is 0.191 e. The first-order chi connectivity index (χ1) is 14.6. The zero-order valence-electron chi connectivity index (χ0n) is 19.0. The molecule has 6 nitrogen and oxygen atoms in total. The maximum atomic E-state index is 5.60. The third-order valence-electron chi connectivity index (χ3n) is 5.35. The maximum absolute atomic E-state index is 5.60. The fraction of sp³-hybridized carbons (Fsp3) is 0.458. The molecule has 1 heterocycles. The van der Waals surface area contributed by atoms with Gasteiger partial charge in [0.05, 0.1) is 26.3 Å². The Bertz CT molecular complexity index is 857. The molecule has 0 amide bonds. The zero-order chi connectivity index (χ0) is 21.3. The summed E-state index contributed by atoms with van der Waals surface area (Å²) in [7, 11) is 5.86. The fourth-order valence-corrected chi connectivity index (χ4v) is 3.72. The van der Waals surface area contributed by atoms with Gasteiger partial charge in [-0.3, -0.25) is 4.99 Å². The van der Waals surface area contributed by atoms with E-state index in [1.165, 1.54) is 11.1 Å². The van der Waals surface area contributed by atoms with E-state index in [1.807, 2.05) is 18.2 Å². The lowest BCUT2D eigenvalue weighted by Crippen LogP contribution is -2.39. The van der Waals surface area contributed by atoms with Crippen LogP contribution in [0.1, 0.15) is 29.7 Å². The van der Waals surface area contributed by atoms with E-state index in [0.29, 0.717) is 6.54 Å². The number of nitrogens with zero attached hydrogens (tertiary/aromatic N) is 2. The summed E-state index contributed by atoms with van der Waals surface area (Å²) in [5.41, 5.74) is 3.78. The van der Waals surface area contributed by atoms with E-state index in [4.69, 9.17) is 14.5 Å². The minimum Gasteiger partial charge on any atom is -0.496 e. The Labute approximate surface area is 203 Å². The average Bonchev–Trinajstić information content (AvgIpc) is 3.22. The van der Waals surface area contributed by atoms with Gasteiger partial charge in [0.15, 0.2) is 5.96 Å². The van der Waals surface area contributed by atoms with E-state index >= 15 is 0 Å². The first kappa shape index (κ1) is 25.3. The van der Waals surface area contributed by atoms with Crippen molar-refractivity contribution in [2.24, 2.45) is 4.99 Å². The van der Waals surface area contributed by atoms with Crippen LogP contribution < -0.4 is 20.1 Å². The van der Waals surface area contributed by atoms with Gasteiger partial charge in [0.2, 0.25) is 0 Å². The van der Waals surface area contributed by atoms with Gasteiger partial charge in [-0.1, -0.05) is 30.3 Å². The smallest absolute Gasteiger partial charge is 0.191 e. The average molecular weight is 538 g/mol. The van der Waals surface area contributed by atoms with Crippen molar-refractivity contribution < 1.29 is 9.47 Å². The molecular formula is C24H35IN4O2. The number of para-hydroxylation sites is 1. The molecule has 3 rings (SSSR count). The highest BCUT2D eigenvalue weighted by molar-refractivity contribution is 14.0. The van der Waals surface area contributed by atoms with Crippen molar-refractivity contribution in [2.75, 3.05) is 47.4 Å². The Morgan fingerprint density at radius 3 is 2.74 bits per heavy atom. The quantitative estimate of drug-likeness (QED) is 0.290. The predicted molar refractivity (Wildman–Crippen MR) is 138 cm³/mol. The summed E-state index contributed by atoms with van der Waals surface area (Å²) in [5.74, 6) is 2.77. The Morgan fingerprint density at radius 1 is 1.19 bits per heavy atom. The fourth-order valence-electron chi connectivity index (χ4n) is 3.72. The molecule has 0 aromatic heterocycles. The normalized spacial score (nSPS) is 13.8. The Morgan fingerprint density at radius 2 is 2.00 bits per heavy atom. The van der Waals surface area contributed by atoms with E-state index in [2.05, 4.69) is 60.8 Å². The van der Waals surface area contributed by atoms with Crippen LogP contribution in [-0.2, 0) is 12.8 Å². The van der Waals surface area contributed by atoms with Crippen molar-refractivity contribution in [1.82, 2.24) is 15.5 Å². The first-order valence-corrected chi connectivity index (χ1v) is 10.7. The number of halogens is 1. The number of benzene rings is 2. The number of hydrogen-bond acceptors (Lipinski definition) is 4. The van der Waals surface area contributed by atoms with E-state index in [1.54, 1.807) is 7.11 Å². The van der Waals surface area contributed by atoms with Gasteiger partial charge in [0, 0.05) is 25.1 Å². The van der Waals surface area contributed by atoms with Gasteiger partial charge in [-0.15, -0.1) is 24.0 Å². The number of likely N-dealkylation sites (N-methyl/N-ethyl adjacent to an activating group) is 1. The third kappa shape index (κ3) is 7.00. The largest absolute Gasteiger partial charge is 0.496 e. The summed E-state index contributed by atoms with van der Waals surface area (Å²) in [6.45, 7) is 5.17. The highest BCUT2D eigenvalue weighted by atomic mass is 127. The molecule has 1 aliphatic rings. The van der Waals surface area contributed by atoms with Crippen molar-refractivity contribution in [2.45, 2.75) is 25.8 Å². The van der Waals surface area contributed by atoms with Crippen LogP contribution in [0.4, 0.5) is 0 Å². The molecule has 0 aliphatic carbocycles. The van der Waals surface area contributed by atoms with Gasteiger partial charge < -0.3 is 25.0 Å². The van der Waals surface area contributed by atoms with Crippen LogP contribution >= 0.6 is 24.0 Å². The second-order valence-corrected chi connectivity index (χ2v) is 7.66. The van der Waals surface area contributed by atoms with Gasteiger partial charge in [-0.05, 0) is 50.7 Å². The molecule has 0 radical (unpaired) electrons. The van der Waals surface area contributed by atoms with Crippen LogP contribution in [0, 0.1) is 0 Å². The molecule has 2 N–H and O–H groups in total. The van der Waals surface area contributed by atoms with Gasteiger partial charge in [-0.2, -0.15) is 0 Å². The summed E-state index contributed by atoms with van der Waals surface area (Å²) in [5, 5.41) is 6.82. The number of guanidine groups is 1. The molecule has 31 heavy (non-hydrogen) atoms. The second kappa shape index (κ2) is 12.8. The molecule has 0 saturated carbocycles. The van der Waals surface area contributed by atoms with Gasteiger partial charge in [-0.25, -0.2) is 0 Å². The summed E-state index contributed by atoms with van der Waals surface area (Å²) < 4.78 is 11.2. The molecular weight excluding hydrogens is 503 g/mol. The molecule has 2 aromatic carbocycles. The lowest BCUT2D eigenvalue weighted by molar-refractivity contribution is 0.295. The number of nitrogens with one attached hydrogen (secondary N) is 2. The zero-order valence-corrected chi connectivity index (χ0v) is 21.3. The van der Waals surface area contributed by atoms with Crippen molar-refractivity contribution >= 4 is 29.9 Å². The summed E-state index contributed by atoms with van der Waals surface area (Å²) in [6.07, 6.45) is 1.96. The van der Waals surface area contributed by atoms with Crippen molar-refractivity contribution in [3.8, 4) is 11.5 Å². The van der Waals surface area contributed by atoms with Gasteiger partial charge in [0.1, 0.15) is 11.5 Å². The van der Waals surface area contributed by atoms with Crippen LogP contribution in [0.2, 0.25) is 0 Å². The van der Waals surface area contributed by atoms with Crippen molar-refractivity contribution in [3.05, 3.63) is 59.2 Å². The van der Waals surface area contributed by atoms with Crippen LogP contribution in [0.25, 0.3) is 0 Å². The molecule has 2 aromatic rings. The monoisotopic (exact) mass is 538 g/mol. The second-order valence-electron chi connectivity index (χ2n) is 7.66. The van der Waals surface area contributed by atoms with Crippen LogP contribution in [0.5, 0.6) is 11.5 Å². The van der Waals surface area contributed by atoms with Crippen molar-refractivity contribution in [3.63, 3.8) is 0 Å². The molecule has 0 bridgehead atoms. The molecule has 1 unspecified atom stereocenters. The minimum absolute atomic E-state index is 0. The molecule has 1 atom stereocenters. The molecule has 7 heteroatoms. The lowest BCUT2D eigenvalue weighted by Gasteiger charge is -2.25. The topological polar surface area (TPSA) is 58.1 Å². The Kier molecular flexibility index (Phi) is 10.4. The number of methoxy groups -OCH3 is 1. The standard InChI is InChI=1S/C24H34N4O2.HI/c1-5-25-24(26-14-12-18-10-11-22-19(16-18)13-15-30-22)27-17-21(28(2)3)20-8-6-7-9-23(20)29-4;/h6-11,16,21H,5,12-15,17H2,1-4H3,(H2,25,26,27);1H. The molecule has 0 saturated heterocycles. The molecule has 170 valence electrons. The van der Waals surface area contributed by atoms with E-state index < -0.39 is 0 Å². The number of aliphatic imine (C=N–C) groups is 1. The summed E-state index contributed by atoms with van der Waals surface area (Å²) in [4.78, 5) is 7.03. The van der Waals surface area contributed by atoms with Crippen LogP contribution in [-0.4, -0.2) is 58.3 Å². The van der Waals surface area contributed by atoms with Gasteiger partial charge in [0.25, 0.3) is 0 Å². The number of rotatable bonds is 9. The molecule has 0 fully saturated rings. The van der Waals surface area contributed by atoms with Crippen molar-refractivity contribution in [1.29, 1.82) is 0 Å². The summed E-state index contributed by atoms with van der Waals surface area (Å²) in [6, 6.07) is 14.8. The molecule has 0 spiro atoms. The number of hydrogen-bond donors (Lipinski definition) is 2. The summed E-state index contributed by atoms with van der Waals surface area (Å²) >= 11 is 0. The minimum atomic E-state index is 0. The highest BCUT2D eigenvalue weighted by Crippen LogP contribution is 2.28. The molecule has 1 aliphatic heterocycles. The number of ether oxygens (including phenoxy) is 2. The first-order valence-electron chi connectivity index (χ1n) is 10.7. The Hall–Kier alpha value is -2.00. The Balaban J connectivity index is 0.00000341. The SMILES string of the molecule is CCNC(=NCC(c1ccccc1OC)N(C)C)NCCc1ccc2c(c1)CCO2.I. The van der Waals surface area contributed by atoms with Crippen LogP contribution in [0.15, 0.2) is 47.5 Å². The van der Waals surface area contributed by atoms with E-state index in [0.717, 1.165) is 55.6 Å². The van der Waals surface area contributed by atoms with E-state index in [-0.39, 0.29) is 30.0 Å². The highest BCUT2D eigenvalue weighted by Gasteiger charge is 2.18. The predicted octanol–water partition coefficient (Wildman–Crippen LogP) is 3.65. The van der Waals surface area contributed by atoms with Gasteiger partial charge >= 0.3 is 0 Å².